The lowest BCUT2D eigenvalue weighted by molar-refractivity contribution is 0.0479. The summed E-state index contributed by atoms with van der Waals surface area (Å²) in [5.74, 6) is -0.797. The lowest BCUT2D eigenvalue weighted by atomic mass is 10.0. The van der Waals surface area contributed by atoms with Crippen LogP contribution in [0.5, 0.6) is 0 Å². The zero-order valence-corrected chi connectivity index (χ0v) is 23.3. The zero-order valence-electron chi connectivity index (χ0n) is 23.3. The van der Waals surface area contributed by atoms with Gasteiger partial charge in [0.1, 0.15) is 17.2 Å². The average Bonchev–Trinajstić information content (AvgIpc) is 2.92. The van der Waals surface area contributed by atoms with Crippen LogP contribution in [0, 0.1) is 11.6 Å². The lowest BCUT2D eigenvalue weighted by Gasteiger charge is -2.32. The second-order valence-corrected chi connectivity index (χ2v) is 10.9. The van der Waals surface area contributed by atoms with Crippen molar-refractivity contribution in [2.24, 2.45) is 0 Å². The summed E-state index contributed by atoms with van der Waals surface area (Å²) in [6.07, 6.45) is 4.68. The van der Waals surface area contributed by atoms with E-state index in [1.807, 2.05) is 45.0 Å². The third kappa shape index (κ3) is 8.05. The summed E-state index contributed by atoms with van der Waals surface area (Å²) in [4.78, 5) is 22.5. The van der Waals surface area contributed by atoms with Crippen molar-refractivity contribution < 1.29 is 18.3 Å². The molecule has 40 heavy (non-hydrogen) atoms. The van der Waals surface area contributed by atoms with Crippen LogP contribution in [0.4, 0.5) is 13.6 Å². The molecule has 1 aliphatic rings. The van der Waals surface area contributed by atoms with Crippen LogP contribution in [0.25, 0.3) is 27.9 Å². The molecule has 2 aromatic heterocycles. The molecule has 0 saturated carbocycles. The number of likely N-dealkylation sites (tertiary alicyclic amines) is 1. The van der Waals surface area contributed by atoms with E-state index in [9.17, 15) is 13.6 Å². The van der Waals surface area contributed by atoms with Crippen LogP contribution in [0.15, 0.2) is 67.4 Å². The van der Waals surface area contributed by atoms with Crippen LogP contribution in [0.1, 0.15) is 44.9 Å². The summed E-state index contributed by atoms with van der Waals surface area (Å²) in [6, 6.07) is 16.4. The van der Waals surface area contributed by atoms with Gasteiger partial charge in [-0.15, -0.1) is 0 Å². The Kier molecular flexibility index (Phi) is 9.42. The smallest absolute Gasteiger partial charge is 0.407 e. The molecule has 3 heterocycles. The number of para-hydroxylation sites is 1. The van der Waals surface area contributed by atoms with Gasteiger partial charge in [0.05, 0.1) is 22.9 Å². The fourth-order valence-corrected chi connectivity index (χ4v) is 4.69. The van der Waals surface area contributed by atoms with Crippen LogP contribution in [-0.2, 0) is 11.2 Å². The van der Waals surface area contributed by atoms with Crippen molar-refractivity contribution in [3.63, 3.8) is 0 Å². The van der Waals surface area contributed by atoms with Crippen molar-refractivity contribution >= 4 is 34.0 Å². The number of nitrogens with one attached hydrogen (secondary N) is 1. The molecule has 0 spiro atoms. The first-order valence-electron chi connectivity index (χ1n) is 13.5. The predicted molar refractivity (Wildman–Crippen MR) is 156 cm³/mol. The fraction of sp³-hybridized carbons (Fsp3) is 0.344. The second kappa shape index (κ2) is 13.0. The summed E-state index contributed by atoms with van der Waals surface area (Å²) in [6.45, 7) is 11.5. The van der Waals surface area contributed by atoms with Gasteiger partial charge >= 0.3 is 6.09 Å². The van der Waals surface area contributed by atoms with Crippen molar-refractivity contribution in [1.82, 2.24) is 20.2 Å². The Labute approximate surface area is 234 Å². The van der Waals surface area contributed by atoms with E-state index in [4.69, 9.17) is 4.74 Å². The van der Waals surface area contributed by atoms with Crippen molar-refractivity contribution in [1.29, 1.82) is 0 Å². The number of alkyl carbamates (subject to hydrolysis) is 1. The zero-order chi connectivity index (χ0) is 28.7. The third-order valence-corrected chi connectivity index (χ3v) is 6.70. The van der Waals surface area contributed by atoms with E-state index >= 15 is 0 Å². The highest BCUT2D eigenvalue weighted by Gasteiger charge is 2.24. The molecule has 6 nitrogen and oxygen atoms in total. The van der Waals surface area contributed by atoms with Crippen molar-refractivity contribution in [2.45, 2.75) is 51.7 Å². The highest BCUT2D eigenvalue weighted by Crippen LogP contribution is 2.22. The molecule has 0 atom stereocenters. The number of hydrogen-bond donors (Lipinski definition) is 1. The molecule has 1 saturated heterocycles. The van der Waals surface area contributed by atoms with E-state index in [1.54, 1.807) is 12.1 Å². The average molecular weight is 547 g/mol. The van der Waals surface area contributed by atoms with E-state index in [0.717, 1.165) is 37.1 Å². The van der Waals surface area contributed by atoms with E-state index in [-0.39, 0.29) is 6.04 Å². The molecule has 8 heteroatoms. The first-order chi connectivity index (χ1) is 19.1. The van der Waals surface area contributed by atoms with Crippen molar-refractivity contribution in [3.8, 4) is 0 Å². The molecule has 1 aliphatic heterocycles. The maximum atomic E-state index is 14.3. The molecule has 0 radical (unpaired) electrons. The summed E-state index contributed by atoms with van der Waals surface area (Å²) >= 11 is 0. The van der Waals surface area contributed by atoms with Gasteiger partial charge in [0.15, 0.2) is 0 Å². The first kappa shape index (κ1) is 29.1. The van der Waals surface area contributed by atoms with Gasteiger partial charge in [-0.1, -0.05) is 30.8 Å². The highest BCUT2D eigenvalue weighted by molar-refractivity contribution is 5.82. The van der Waals surface area contributed by atoms with Crippen LogP contribution in [0.3, 0.4) is 0 Å². The van der Waals surface area contributed by atoms with Gasteiger partial charge in [0.2, 0.25) is 0 Å². The molecule has 0 aliphatic carbocycles. The molecule has 2 aromatic carbocycles. The van der Waals surface area contributed by atoms with Gasteiger partial charge in [0, 0.05) is 42.0 Å². The summed E-state index contributed by atoms with van der Waals surface area (Å²) in [5, 5.41) is 4.61. The number of hydrogen-bond acceptors (Lipinski definition) is 5. The topological polar surface area (TPSA) is 67.3 Å². The molecule has 1 amide bonds. The van der Waals surface area contributed by atoms with Crippen LogP contribution >= 0.6 is 0 Å². The van der Waals surface area contributed by atoms with E-state index < -0.39 is 23.3 Å². The number of fused-ring (bicyclic) bond motifs is 2. The molecule has 1 fully saturated rings. The Morgan fingerprint density at radius 3 is 2.58 bits per heavy atom. The van der Waals surface area contributed by atoms with E-state index in [0.29, 0.717) is 29.4 Å². The number of benzene rings is 2. The van der Waals surface area contributed by atoms with Crippen LogP contribution < -0.4 is 5.32 Å². The van der Waals surface area contributed by atoms with E-state index in [2.05, 4.69) is 38.9 Å². The fourth-order valence-electron chi connectivity index (χ4n) is 4.69. The minimum atomic E-state index is -0.512. The van der Waals surface area contributed by atoms with Crippen LogP contribution in [0.2, 0.25) is 0 Å². The van der Waals surface area contributed by atoms with E-state index in [1.165, 1.54) is 23.7 Å². The minimum Gasteiger partial charge on any atom is -0.444 e. The molecular formula is C32H36F2N4O2. The number of aromatic nitrogens is 2. The molecule has 1 N–H and O–H groups in total. The number of carbonyl (C=O) groups is 1. The predicted octanol–water partition coefficient (Wildman–Crippen LogP) is 6.92. The minimum absolute atomic E-state index is 0.0821. The second-order valence-electron chi connectivity index (χ2n) is 10.9. The number of rotatable bonds is 5. The number of nitrogens with zero attached hydrogens (tertiary/aromatic N) is 3. The molecule has 210 valence electrons. The Hall–Kier alpha value is -3.91. The molecular weight excluding hydrogens is 510 g/mol. The van der Waals surface area contributed by atoms with Crippen LogP contribution in [-0.4, -0.2) is 52.2 Å². The molecule has 4 aromatic rings. The summed E-state index contributed by atoms with van der Waals surface area (Å²) in [7, 11) is 0. The largest absolute Gasteiger partial charge is 0.444 e. The van der Waals surface area contributed by atoms with Crippen molar-refractivity contribution in [3.05, 3.63) is 90.3 Å². The SMILES string of the molecule is C=Cc1ccc2ccccc2n1.CC(C)(C)OC(=O)NC1CCN(CCc2c(F)cnc3ccc(F)cc23)CC1. The number of carbonyl (C=O) groups excluding carboxylic acids is 1. The Bertz CT molecular complexity index is 1470. The number of amides is 1. The maximum Gasteiger partial charge on any atom is 0.407 e. The maximum absolute atomic E-state index is 14.3. The molecule has 0 unspecified atom stereocenters. The quantitative estimate of drug-likeness (QED) is 0.294. The van der Waals surface area contributed by atoms with Gasteiger partial charge < -0.3 is 15.0 Å². The first-order valence-corrected chi connectivity index (χ1v) is 13.5. The van der Waals surface area contributed by atoms with Gasteiger partial charge in [-0.2, -0.15) is 0 Å². The van der Waals surface area contributed by atoms with Crippen molar-refractivity contribution in [2.75, 3.05) is 19.6 Å². The standard InChI is InChI=1S/C21H27F2N3O2.C11H9N/c1-21(2,3)28-20(27)25-15-6-9-26(10-7-15)11-8-16-17-12-14(22)4-5-19(17)24-13-18(16)23;1-2-10-8-7-9-5-3-4-6-11(9)12-10/h4-5,12-13,15H,6-11H2,1-3H3,(H,25,27);2-8H,1H2. The molecule has 0 bridgehead atoms. The highest BCUT2D eigenvalue weighted by atomic mass is 19.1. The summed E-state index contributed by atoms with van der Waals surface area (Å²) in [5.41, 5.74) is 2.53. The van der Waals surface area contributed by atoms with Gasteiger partial charge in [-0.3, -0.25) is 4.98 Å². The normalized spacial score (nSPS) is 14.4. The van der Waals surface area contributed by atoms with Gasteiger partial charge in [0.25, 0.3) is 0 Å². The van der Waals surface area contributed by atoms with Gasteiger partial charge in [-0.05, 0) is 76.4 Å². The Morgan fingerprint density at radius 2 is 1.85 bits per heavy atom. The third-order valence-electron chi connectivity index (χ3n) is 6.70. The van der Waals surface area contributed by atoms with Gasteiger partial charge in [-0.25, -0.2) is 18.6 Å². The summed E-state index contributed by atoms with van der Waals surface area (Å²) < 4.78 is 33.2. The number of piperidine rings is 1. The number of pyridine rings is 2. The Morgan fingerprint density at radius 1 is 1.10 bits per heavy atom. The Balaban J connectivity index is 0.000000255. The number of ether oxygens (including phenoxy) is 1. The molecule has 5 rings (SSSR count). The lowest BCUT2D eigenvalue weighted by Crippen LogP contribution is -2.46. The monoisotopic (exact) mass is 546 g/mol. The number of halogens is 2.